The fraction of sp³-hybridized carbons (Fsp3) is 0.472. The molecule has 1 saturated heterocycles. The molecular formula is C89H118N14O16. The van der Waals surface area contributed by atoms with Crippen LogP contribution < -0.4 is 53.0 Å². The molecule has 5 aromatic carbocycles. The number of ether oxygens (including phenoxy) is 4. The Morgan fingerprint density at radius 1 is 0.529 bits per heavy atom. The number of nitrogens with zero attached hydrogens (tertiary/aromatic N) is 4. The van der Waals surface area contributed by atoms with Crippen molar-refractivity contribution >= 4 is 82.3 Å². The van der Waals surface area contributed by atoms with E-state index in [1.165, 1.54) is 10.8 Å². The van der Waals surface area contributed by atoms with Gasteiger partial charge in [0.15, 0.2) is 5.96 Å². The number of imidazole rings is 1. The van der Waals surface area contributed by atoms with E-state index in [2.05, 4.69) is 42.5 Å². The molecule has 0 saturated carbocycles. The summed E-state index contributed by atoms with van der Waals surface area (Å²) in [5, 5.41) is 40.2. The molecule has 3 heterocycles. The third-order valence-corrected chi connectivity index (χ3v) is 19.2. The van der Waals surface area contributed by atoms with Gasteiger partial charge in [-0.15, -0.1) is 0 Å². The third kappa shape index (κ3) is 26.8. The van der Waals surface area contributed by atoms with Crippen molar-refractivity contribution in [2.75, 3.05) is 13.2 Å². The maximum Gasteiger partial charge on any atom is 0.419 e. The van der Waals surface area contributed by atoms with Gasteiger partial charge in [-0.2, -0.15) is 0 Å². The summed E-state index contributed by atoms with van der Waals surface area (Å²) in [6.07, 6.45) is 1.78. The van der Waals surface area contributed by atoms with Gasteiger partial charge in [0.1, 0.15) is 76.4 Å². The molecule has 0 spiro atoms. The summed E-state index contributed by atoms with van der Waals surface area (Å²) in [7, 11) is 0. The van der Waals surface area contributed by atoms with Gasteiger partial charge in [0.2, 0.25) is 47.3 Å². The van der Waals surface area contributed by atoms with E-state index >= 15 is 24.0 Å². The summed E-state index contributed by atoms with van der Waals surface area (Å²) in [5.41, 5.74) is 4.61. The van der Waals surface area contributed by atoms with E-state index in [-0.39, 0.29) is 81.4 Å². The lowest BCUT2D eigenvalue weighted by Crippen LogP contribution is -2.62. The Hall–Kier alpha value is -11.9. The zero-order chi connectivity index (χ0) is 87.5. The lowest BCUT2D eigenvalue weighted by molar-refractivity contribution is -0.142. The number of aliphatic carboxylic acids is 1. The molecule has 1 fully saturated rings. The predicted molar refractivity (Wildman–Crippen MR) is 449 cm³/mol. The van der Waals surface area contributed by atoms with Crippen molar-refractivity contribution in [2.45, 2.75) is 245 Å². The van der Waals surface area contributed by atoms with Gasteiger partial charge in [-0.25, -0.2) is 24.3 Å². The minimum Gasteiger partial charge on any atom is -0.488 e. The van der Waals surface area contributed by atoms with E-state index < -0.39 is 155 Å². The summed E-state index contributed by atoms with van der Waals surface area (Å²) in [6.45, 7) is 27.5. The second kappa shape index (κ2) is 40.5. The van der Waals surface area contributed by atoms with Crippen LogP contribution in [0.4, 0.5) is 9.59 Å². The number of hydrogen-bond acceptors (Lipinski definition) is 17. The summed E-state index contributed by atoms with van der Waals surface area (Å²) >= 11 is 0. The van der Waals surface area contributed by atoms with Crippen LogP contribution in [0.15, 0.2) is 158 Å². The molecule has 9 amide bonds. The minimum absolute atomic E-state index is 0.00566. The van der Waals surface area contributed by atoms with Crippen LogP contribution in [0.5, 0.6) is 5.75 Å². The Balaban J connectivity index is 1.21. The number of benzene rings is 5. The van der Waals surface area contributed by atoms with Crippen molar-refractivity contribution in [3.05, 3.63) is 192 Å². The number of carboxylic acid groups (broad SMARTS) is 1. The number of hydrogen-bond donors (Lipinski definition) is 11. The van der Waals surface area contributed by atoms with Crippen LogP contribution in [0.25, 0.3) is 10.9 Å². The third-order valence-electron chi connectivity index (χ3n) is 19.2. The second-order valence-corrected chi connectivity index (χ2v) is 34.8. The number of carbonyl (C=O) groups excluding carboxylic acids is 10. The lowest BCUT2D eigenvalue weighted by Gasteiger charge is -2.37. The molecule has 0 aliphatic carbocycles. The molecule has 30 nitrogen and oxygen atoms in total. The van der Waals surface area contributed by atoms with E-state index in [0.29, 0.717) is 27.8 Å². The number of nitrogens with two attached hydrogens (primary N) is 1. The first kappa shape index (κ1) is 92.6. The van der Waals surface area contributed by atoms with Crippen LogP contribution in [-0.4, -0.2) is 179 Å². The van der Waals surface area contributed by atoms with Gasteiger partial charge >= 0.3 is 18.2 Å². The molecule has 640 valence electrons. The van der Waals surface area contributed by atoms with E-state index in [9.17, 15) is 33.9 Å². The van der Waals surface area contributed by atoms with Gasteiger partial charge in [-0.3, -0.25) is 48.3 Å². The summed E-state index contributed by atoms with van der Waals surface area (Å²) in [6, 6.07) is 30.5. The Bertz CT molecular complexity index is 4600. The highest BCUT2D eigenvalue weighted by Gasteiger charge is 2.45. The standard InChI is InChI=1S/C89H118N14O16/c1-54(2)45-65(74(105)94-64(81(112)113)36-28-44-92-82(90)91)95-75(106)66(46-55(3)4)96-76(107)67(47-56-38-40-62(41-39-56)117-86(8,9)10)97-79(110)70(52-116-85(5,6)7)100-77(108)68(48-57-50-102(83(114)118-87(11,12)13)71-37-27-26-35-63(57)71)98-78(109)69(99-80(111)72-42-43-73(104)103(72)84(115)119-88(14,15)16)49-61-51-101(53-93-61)89(58-29-20-17-21-30-58,59-31-22-18-23-32-59)60-33-24-19-25-34-60/h17-27,29-35,37-41,50-51,53-55,64-70,72H,28,36,42-49,52H2,1-16H3,(H,94,105)(H,95,106)(H,96,107)(H,97,110)(H,98,109)(H,99,111)(H,100,108)(H,112,113)(H4,90,91,92)/t64-,65-,66+,67-,68-,69-,70-,72-/m0/s1. The average Bonchev–Trinajstić information content (AvgIpc) is 1.73. The number of aromatic nitrogens is 3. The quantitative estimate of drug-likeness (QED) is 0.00754. The van der Waals surface area contributed by atoms with Gasteiger partial charge in [0, 0.05) is 50.0 Å². The predicted octanol–water partition coefficient (Wildman–Crippen LogP) is 9.24. The summed E-state index contributed by atoms with van der Waals surface area (Å²) < 4.78 is 27.1. The first-order chi connectivity index (χ1) is 55.9. The maximum atomic E-state index is 16.1. The number of carbonyl (C=O) groups is 11. The van der Waals surface area contributed by atoms with Crippen LogP contribution in [0.1, 0.15) is 183 Å². The van der Waals surface area contributed by atoms with Gasteiger partial charge in [-0.1, -0.05) is 149 Å². The van der Waals surface area contributed by atoms with Gasteiger partial charge in [0.05, 0.1) is 29.7 Å². The number of likely N-dealkylation sites (tertiary alicyclic amines) is 1. The van der Waals surface area contributed by atoms with E-state index in [1.54, 1.807) is 123 Å². The van der Waals surface area contributed by atoms with Crippen molar-refractivity contribution in [3.8, 4) is 5.75 Å². The molecule has 119 heavy (non-hydrogen) atoms. The Morgan fingerprint density at radius 3 is 1.47 bits per heavy atom. The molecule has 7 aromatic rings. The Labute approximate surface area is 695 Å². The molecule has 30 heteroatoms. The Morgan fingerprint density at radius 2 is 0.983 bits per heavy atom. The van der Waals surface area contributed by atoms with Gasteiger partial charge in [-0.05, 0) is 173 Å². The number of carboxylic acids is 1. The largest absolute Gasteiger partial charge is 0.488 e. The van der Waals surface area contributed by atoms with E-state index in [0.717, 1.165) is 21.6 Å². The van der Waals surface area contributed by atoms with E-state index in [4.69, 9.17) is 35.1 Å². The van der Waals surface area contributed by atoms with Crippen molar-refractivity contribution in [2.24, 2.45) is 17.6 Å². The monoisotopic (exact) mass is 1640 g/mol. The topological polar surface area (TPSA) is 417 Å². The van der Waals surface area contributed by atoms with Crippen LogP contribution in [0.2, 0.25) is 0 Å². The zero-order valence-corrected chi connectivity index (χ0v) is 71.0. The highest BCUT2D eigenvalue weighted by molar-refractivity contribution is 6.03. The SMILES string of the molecule is CC(C)C[C@H](NC(=O)[C@@H](CC(C)C)NC(=O)[C@H](Cc1ccc(OC(C)(C)C)cc1)NC(=O)[C@H](COC(C)(C)C)NC(=O)[C@H](Cc1cn(C(=O)OC(C)(C)C)c2ccccc12)NC(=O)[C@H](Cc1cn(C(c2ccccc2)(c2ccccc2)c2ccccc2)cn1)NC(=O)[C@@H]1CCC(=O)N1C(=O)OC(C)(C)C)C(=O)N[C@@H](CCCNC(=N)N)C(=O)O. The number of rotatable bonds is 36. The van der Waals surface area contributed by atoms with Crippen LogP contribution >= 0.6 is 0 Å². The molecule has 1 aliphatic rings. The van der Waals surface area contributed by atoms with Gasteiger partial charge < -0.3 is 76.9 Å². The summed E-state index contributed by atoms with van der Waals surface area (Å²) in [5.74, 6) is -8.72. The number of nitrogens with one attached hydrogen (secondary N) is 9. The highest BCUT2D eigenvalue weighted by Crippen LogP contribution is 2.41. The molecule has 8 atom stereocenters. The molecule has 0 bridgehead atoms. The molecule has 12 N–H and O–H groups in total. The number of fused-ring (bicyclic) bond motifs is 1. The summed E-state index contributed by atoms with van der Waals surface area (Å²) in [4.78, 5) is 167. The molecule has 0 unspecified atom stereocenters. The molecule has 8 rings (SSSR count). The highest BCUT2D eigenvalue weighted by atomic mass is 16.6. The number of amides is 9. The first-order valence-electron chi connectivity index (χ1n) is 40.3. The van der Waals surface area contributed by atoms with Crippen LogP contribution in [0, 0.1) is 17.2 Å². The molecular weight excluding hydrogens is 1520 g/mol. The zero-order valence-electron chi connectivity index (χ0n) is 71.0. The molecule has 2 aromatic heterocycles. The molecule has 1 aliphatic heterocycles. The fourth-order valence-corrected chi connectivity index (χ4v) is 13.9. The van der Waals surface area contributed by atoms with Crippen LogP contribution in [-0.2, 0) is 82.2 Å². The second-order valence-electron chi connectivity index (χ2n) is 34.8. The molecule has 0 radical (unpaired) electrons. The maximum absolute atomic E-state index is 16.1. The van der Waals surface area contributed by atoms with E-state index in [1.807, 2.05) is 144 Å². The average molecular weight is 1640 g/mol. The van der Waals surface area contributed by atoms with Crippen molar-refractivity contribution in [1.29, 1.82) is 5.41 Å². The first-order valence-corrected chi connectivity index (χ1v) is 40.3. The number of guanidine groups is 1. The number of imide groups is 1. The van der Waals surface area contributed by atoms with Gasteiger partial charge in [0.25, 0.3) is 0 Å². The lowest BCUT2D eigenvalue weighted by atomic mass is 9.77. The fourth-order valence-electron chi connectivity index (χ4n) is 13.9. The van der Waals surface area contributed by atoms with Crippen molar-refractivity contribution < 1.29 is 76.8 Å². The minimum atomic E-state index is -1.75. The Kier molecular flexibility index (Phi) is 31.5. The van der Waals surface area contributed by atoms with Crippen molar-refractivity contribution in [3.63, 3.8) is 0 Å². The van der Waals surface area contributed by atoms with Crippen molar-refractivity contribution in [1.82, 2.24) is 61.6 Å². The number of para-hydroxylation sites is 1. The smallest absolute Gasteiger partial charge is 0.419 e. The normalized spacial score (nSPS) is 15.1. The van der Waals surface area contributed by atoms with Crippen LogP contribution in [0.3, 0.4) is 0 Å².